The van der Waals surface area contributed by atoms with E-state index in [1.54, 1.807) is 0 Å². The molecule has 0 aromatic heterocycles. The number of carbonyl (C=O) groups is 2. The predicted molar refractivity (Wildman–Crippen MR) is 76.6 cm³/mol. The van der Waals surface area contributed by atoms with Crippen LogP contribution in [0.1, 0.15) is 0 Å². The van der Waals surface area contributed by atoms with E-state index < -0.39 is 11.8 Å². The minimum Gasteiger partial charge on any atom is -0.493 e. The van der Waals surface area contributed by atoms with E-state index in [4.69, 9.17) is 26.8 Å². The lowest BCUT2D eigenvalue weighted by Gasteiger charge is -2.15. The molecule has 1 aromatic rings. The molecule has 0 saturated heterocycles. The van der Waals surface area contributed by atoms with Gasteiger partial charge in [0.25, 0.3) is 0 Å². The number of halogens is 1. The molecule has 0 heterocycles. The van der Waals surface area contributed by atoms with Crippen molar-refractivity contribution in [3.8, 4) is 11.5 Å². The highest BCUT2D eigenvalue weighted by Crippen LogP contribution is 2.36. The standard InChI is InChI=1S/C12H16ClN3O4/c1-19-9-3-7(15-11(17)5-13)8(4-10(9)20-2)16-12(18)6-14/h3-4H,5-6,14H2,1-2H3,(H,15,17)(H,16,18). The third kappa shape index (κ3) is 4.01. The van der Waals surface area contributed by atoms with E-state index in [0.717, 1.165) is 0 Å². The van der Waals surface area contributed by atoms with Gasteiger partial charge in [-0.3, -0.25) is 9.59 Å². The van der Waals surface area contributed by atoms with Crippen molar-refractivity contribution in [2.75, 3.05) is 37.3 Å². The van der Waals surface area contributed by atoms with Crippen LogP contribution >= 0.6 is 11.6 Å². The van der Waals surface area contributed by atoms with Crippen LogP contribution in [-0.4, -0.2) is 38.5 Å². The second-order valence-electron chi connectivity index (χ2n) is 3.69. The Morgan fingerprint density at radius 2 is 1.55 bits per heavy atom. The van der Waals surface area contributed by atoms with Crippen LogP contribution in [0.15, 0.2) is 12.1 Å². The van der Waals surface area contributed by atoms with E-state index in [0.29, 0.717) is 22.9 Å². The van der Waals surface area contributed by atoms with Crippen LogP contribution in [0, 0.1) is 0 Å². The van der Waals surface area contributed by atoms with E-state index >= 15 is 0 Å². The maximum Gasteiger partial charge on any atom is 0.239 e. The Kier molecular flexibility index (Phi) is 6.08. The van der Waals surface area contributed by atoms with E-state index in [1.165, 1.54) is 26.4 Å². The van der Waals surface area contributed by atoms with Crippen molar-refractivity contribution >= 4 is 34.8 Å². The zero-order valence-electron chi connectivity index (χ0n) is 11.2. The third-order valence-corrected chi connectivity index (χ3v) is 2.62. The van der Waals surface area contributed by atoms with Gasteiger partial charge in [0.15, 0.2) is 11.5 Å². The minimum absolute atomic E-state index is 0.183. The summed E-state index contributed by atoms with van der Waals surface area (Å²) in [5, 5.41) is 5.11. The molecule has 20 heavy (non-hydrogen) atoms. The van der Waals surface area contributed by atoms with Gasteiger partial charge in [-0.2, -0.15) is 0 Å². The Morgan fingerprint density at radius 3 is 1.90 bits per heavy atom. The summed E-state index contributed by atoms with van der Waals surface area (Å²) in [6.45, 7) is -0.183. The number of methoxy groups -OCH3 is 2. The number of carbonyl (C=O) groups excluding carboxylic acids is 2. The Labute approximate surface area is 121 Å². The monoisotopic (exact) mass is 301 g/mol. The number of rotatable bonds is 6. The van der Waals surface area contributed by atoms with Gasteiger partial charge in [-0.1, -0.05) is 0 Å². The molecule has 0 radical (unpaired) electrons. The molecular weight excluding hydrogens is 286 g/mol. The number of anilines is 2. The number of amides is 2. The highest BCUT2D eigenvalue weighted by Gasteiger charge is 2.14. The van der Waals surface area contributed by atoms with Crippen molar-refractivity contribution in [2.24, 2.45) is 5.73 Å². The molecule has 0 saturated carbocycles. The Hall–Kier alpha value is -1.99. The van der Waals surface area contributed by atoms with Gasteiger partial charge in [0.1, 0.15) is 5.88 Å². The van der Waals surface area contributed by atoms with Crippen molar-refractivity contribution in [1.82, 2.24) is 0 Å². The summed E-state index contributed by atoms with van der Waals surface area (Å²) in [4.78, 5) is 22.8. The van der Waals surface area contributed by atoms with E-state index in [9.17, 15) is 9.59 Å². The van der Waals surface area contributed by atoms with Gasteiger partial charge >= 0.3 is 0 Å². The molecule has 4 N–H and O–H groups in total. The molecule has 0 spiro atoms. The molecular formula is C12H16ClN3O4. The van der Waals surface area contributed by atoms with E-state index in [2.05, 4.69) is 10.6 Å². The molecule has 0 atom stereocenters. The van der Waals surface area contributed by atoms with Gasteiger partial charge < -0.3 is 25.8 Å². The summed E-state index contributed by atoms with van der Waals surface area (Å²) in [6, 6.07) is 3.05. The maximum atomic E-state index is 11.4. The minimum atomic E-state index is -0.415. The lowest BCUT2D eigenvalue weighted by molar-refractivity contribution is -0.115. The first-order chi connectivity index (χ1) is 9.55. The average Bonchev–Trinajstić information content (AvgIpc) is 2.47. The van der Waals surface area contributed by atoms with Crippen LogP contribution in [0.5, 0.6) is 11.5 Å². The van der Waals surface area contributed by atoms with Crippen LogP contribution in [0.2, 0.25) is 0 Å². The molecule has 0 aliphatic heterocycles. The number of hydrogen-bond acceptors (Lipinski definition) is 5. The number of hydrogen-bond donors (Lipinski definition) is 3. The summed E-state index contributed by atoms with van der Waals surface area (Å²) < 4.78 is 10.3. The second-order valence-corrected chi connectivity index (χ2v) is 3.95. The van der Waals surface area contributed by atoms with Crippen LogP contribution in [0.4, 0.5) is 11.4 Å². The van der Waals surface area contributed by atoms with Crippen LogP contribution in [-0.2, 0) is 9.59 Å². The maximum absolute atomic E-state index is 11.4. The quantitative estimate of drug-likeness (QED) is 0.674. The summed E-state index contributed by atoms with van der Waals surface area (Å²) in [7, 11) is 2.92. The summed E-state index contributed by atoms with van der Waals surface area (Å²) in [6.07, 6.45) is 0. The molecule has 110 valence electrons. The van der Waals surface area contributed by atoms with Crippen molar-refractivity contribution < 1.29 is 19.1 Å². The zero-order chi connectivity index (χ0) is 15.1. The molecule has 0 aliphatic carbocycles. The van der Waals surface area contributed by atoms with Crippen LogP contribution < -0.4 is 25.8 Å². The smallest absolute Gasteiger partial charge is 0.239 e. The first-order valence-electron chi connectivity index (χ1n) is 5.67. The number of ether oxygens (including phenoxy) is 2. The number of nitrogens with two attached hydrogens (primary N) is 1. The summed E-state index contributed by atoms with van der Waals surface area (Å²) in [5.74, 6) is -0.217. The molecule has 1 rings (SSSR count). The predicted octanol–water partition coefficient (Wildman–Crippen LogP) is 0.778. The lowest BCUT2D eigenvalue weighted by atomic mass is 10.2. The molecule has 0 bridgehead atoms. The number of benzene rings is 1. The van der Waals surface area contributed by atoms with Gasteiger partial charge in [0.05, 0.1) is 32.1 Å². The van der Waals surface area contributed by atoms with Crippen molar-refractivity contribution in [2.45, 2.75) is 0 Å². The fraction of sp³-hybridized carbons (Fsp3) is 0.333. The molecule has 7 nitrogen and oxygen atoms in total. The Morgan fingerprint density at radius 1 is 1.10 bits per heavy atom. The van der Waals surface area contributed by atoms with Crippen LogP contribution in [0.3, 0.4) is 0 Å². The average molecular weight is 302 g/mol. The highest BCUT2D eigenvalue weighted by molar-refractivity contribution is 6.29. The zero-order valence-corrected chi connectivity index (χ0v) is 11.9. The third-order valence-electron chi connectivity index (χ3n) is 2.38. The molecule has 0 fully saturated rings. The summed E-state index contributed by atoms with van der Waals surface area (Å²) in [5.41, 5.74) is 5.93. The number of alkyl halides is 1. The van der Waals surface area contributed by atoms with Crippen molar-refractivity contribution in [3.05, 3.63) is 12.1 Å². The largest absolute Gasteiger partial charge is 0.493 e. The van der Waals surface area contributed by atoms with Gasteiger partial charge in [-0.25, -0.2) is 0 Å². The second kappa shape index (κ2) is 7.56. The lowest BCUT2D eigenvalue weighted by Crippen LogP contribution is -2.23. The normalized spacial score (nSPS) is 9.80. The summed E-state index contributed by atoms with van der Waals surface area (Å²) >= 11 is 5.44. The SMILES string of the molecule is COc1cc(NC(=O)CN)c(NC(=O)CCl)cc1OC. The molecule has 2 amide bonds. The molecule has 0 unspecified atom stereocenters. The van der Waals surface area contributed by atoms with E-state index in [1.807, 2.05) is 0 Å². The number of nitrogens with one attached hydrogen (secondary N) is 2. The van der Waals surface area contributed by atoms with Gasteiger partial charge in [0.2, 0.25) is 11.8 Å². The first kappa shape index (κ1) is 16.1. The molecule has 1 aromatic carbocycles. The van der Waals surface area contributed by atoms with Crippen molar-refractivity contribution in [3.63, 3.8) is 0 Å². The molecule has 8 heteroatoms. The Bertz CT molecular complexity index is 463. The first-order valence-corrected chi connectivity index (χ1v) is 6.20. The van der Waals surface area contributed by atoms with Gasteiger partial charge in [0, 0.05) is 12.1 Å². The highest BCUT2D eigenvalue weighted by atomic mass is 35.5. The fourth-order valence-corrected chi connectivity index (χ4v) is 1.54. The van der Waals surface area contributed by atoms with Crippen LogP contribution in [0.25, 0.3) is 0 Å². The molecule has 0 aliphatic rings. The fourth-order valence-electron chi connectivity index (χ4n) is 1.47. The Balaban J connectivity index is 3.21. The van der Waals surface area contributed by atoms with Crippen molar-refractivity contribution in [1.29, 1.82) is 0 Å². The van der Waals surface area contributed by atoms with Gasteiger partial charge in [-0.15, -0.1) is 11.6 Å². The topological polar surface area (TPSA) is 103 Å². The van der Waals surface area contributed by atoms with E-state index in [-0.39, 0.29) is 12.4 Å². The van der Waals surface area contributed by atoms with Gasteiger partial charge in [-0.05, 0) is 0 Å².